The number of fused-ring (bicyclic) bond motifs is 1. The minimum absolute atomic E-state index is 0.124. The molecule has 3 aliphatic rings. The summed E-state index contributed by atoms with van der Waals surface area (Å²) in [5.74, 6) is -0.572. The molecule has 7 nitrogen and oxygen atoms in total. The number of carbonyl (C=O) groups excluding carboxylic acids is 3. The van der Waals surface area contributed by atoms with Gasteiger partial charge in [0.1, 0.15) is 12.4 Å². The molecular formula is C21H24N2O5. The summed E-state index contributed by atoms with van der Waals surface area (Å²) in [7, 11) is 0. The molecule has 0 spiro atoms. The molecule has 4 rings (SSSR count). The number of imide groups is 1. The first-order valence-corrected chi connectivity index (χ1v) is 9.69. The number of ketones is 1. The van der Waals surface area contributed by atoms with Crippen molar-refractivity contribution in [3.63, 3.8) is 0 Å². The number of allylic oxidation sites excluding steroid dienone is 1. The zero-order valence-electron chi connectivity index (χ0n) is 15.8. The van der Waals surface area contributed by atoms with E-state index in [1.807, 2.05) is 0 Å². The molecule has 0 bridgehead atoms. The zero-order chi connectivity index (χ0) is 19.7. The summed E-state index contributed by atoms with van der Waals surface area (Å²) in [6, 6.07) is 4.33. The van der Waals surface area contributed by atoms with Gasteiger partial charge in [-0.15, -0.1) is 0 Å². The largest absolute Gasteiger partial charge is 0.491 e. The third-order valence-electron chi connectivity index (χ3n) is 5.56. The van der Waals surface area contributed by atoms with Crippen LogP contribution in [0.15, 0.2) is 30.4 Å². The highest BCUT2D eigenvalue weighted by atomic mass is 16.5. The van der Waals surface area contributed by atoms with Crippen molar-refractivity contribution in [2.24, 2.45) is 0 Å². The van der Waals surface area contributed by atoms with Crippen molar-refractivity contribution in [1.82, 2.24) is 9.80 Å². The van der Waals surface area contributed by atoms with E-state index in [2.05, 4.69) is 11.5 Å². The average Bonchev–Trinajstić information content (AvgIpc) is 2.94. The second-order valence-electron chi connectivity index (χ2n) is 7.41. The van der Waals surface area contributed by atoms with Gasteiger partial charge in [0, 0.05) is 26.1 Å². The maximum absolute atomic E-state index is 13.0. The van der Waals surface area contributed by atoms with Crippen molar-refractivity contribution < 1.29 is 23.9 Å². The first-order valence-electron chi connectivity index (χ1n) is 9.69. The van der Waals surface area contributed by atoms with Crippen LogP contribution in [0.25, 0.3) is 0 Å². The lowest BCUT2D eigenvalue weighted by atomic mass is 9.89. The first-order chi connectivity index (χ1) is 13.6. The quantitative estimate of drug-likeness (QED) is 0.568. The number of Topliss-reactive ketones (excluding diaryl/α,β-unsaturated/α-hetero) is 1. The summed E-state index contributed by atoms with van der Waals surface area (Å²) >= 11 is 0. The monoisotopic (exact) mass is 384 g/mol. The number of amides is 2. The summed E-state index contributed by atoms with van der Waals surface area (Å²) < 4.78 is 11.2. The Labute approximate surface area is 163 Å². The lowest BCUT2D eigenvalue weighted by Crippen LogP contribution is -2.46. The van der Waals surface area contributed by atoms with Crippen LogP contribution >= 0.6 is 0 Å². The van der Waals surface area contributed by atoms with E-state index in [0.29, 0.717) is 44.0 Å². The predicted molar refractivity (Wildman–Crippen MR) is 101 cm³/mol. The fraction of sp³-hybridized carbons (Fsp3) is 0.476. The van der Waals surface area contributed by atoms with Crippen LogP contribution in [0.2, 0.25) is 0 Å². The van der Waals surface area contributed by atoms with Crippen LogP contribution in [0.5, 0.6) is 5.75 Å². The van der Waals surface area contributed by atoms with Gasteiger partial charge in [-0.1, -0.05) is 18.2 Å². The second kappa shape index (κ2) is 7.85. The molecule has 7 heteroatoms. The van der Waals surface area contributed by atoms with Gasteiger partial charge in [0.25, 0.3) is 11.8 Å². The third-order valence-corrected chi connectivity index (χ3v) is 5.56. The maximum atomic E-state index is 13.0. The van der Waals surface area contributed by atoms with Crippen molar-refractivity contribution in [2.45, 2.75) is 25.3 Å². The first kappa shape index (κ1) is 18.8. The Morgan fingerprint density at radius 3 is 2.68 bits per heavy atom. The van der Waals surface area contributed by atoms with Crippen LogP contribution in [-0.2, 0) is 9.53 Å². The lowest BCUT2D eigenvalue weighted by Gasteiger charge is -2.29. The number of benzene rings is 1. The molecule has 2 heterocycles. The SMILES string of the molecule is C=C1CCC(N2C(=O)c3cccc(OCCN4CCOCC4)c3C2=O)C(=O)C1. The smallest absolute Gasteiger partial charge is 0.266 e. The number of rotatable bonds is 5. The van der Waals surface area contributed by atoms with Gasteiger partial charge in [-0.2, -0.15) is 0 Å². The summed E-state index contributed by atoms with van der Waals surface area (Å²) in [6.07, 6.45) is 1.31. The number of carbonyl (C=O) groups is 3. The van der Waals surface area contributed by atoms with Crippen molar-refractivity contribution in [1.29, 1.82) is 0 Å². The van der Waals surface area contributed by atoms with Gasteiger partial charge in [0.2, 0.25) is 0 Å². The Balaban J connectivity index is 1.49. The molecule has 1 aromatic rings. The molecule has 2 amide bonds. The van der Waals surface area contributed by atoms with Crippen LogP contribution in [0, 0.1) is 0 Å². The minimum Gasteiger partial charge on any atom is -0.491 e. The van der Waals surface area contributed by atoms with Crippen molar-refractivity contribution >= 4 is 17.6 Å². The second-order valence-corrected chi connectivity index (χ2v) is 7.41. The fourth-order valence-corrected chi connectivity index (χ4v) is 4.01. The van der Waals surface area contributed by atoms with Gasteiger partial charge in [-0.05, 0) is 25.0 Å². The number of morpholine rings is 1. The van der Waals surface area contributed by atoms with Gasteiger partial charge in [-0.25, -0.2) is 0 Å². The molecule has 2 fully saturated rings. The number of nitrogens with zero attached hydrogens (tertiary/aromatic N) is 2. The minimum atomic E-state index is -0.709. The van der Waals surface area contributed by atoms with Crippen LogP contribution in [-0.4, -0.2) is 72.9 Å². The predicted octanol–water partition coefficient (Wildman–Crippen LogP) is 1.67. The van der Waals surface area contributed by atoms with Gasteiger partial charge < -0.3 is 9.47 Å². The Hall–Kier alpha value is -2.51. The van der Waals surface area contributed by atoms with Crippen LogP contribution in [0.4, 0.5) is 0 Å². The van der Waals surface area contributed by atoms with E-state index in [9.17, 15) is 14.4 Å². The van der Waals surface area contributed by atoms with E-state index < -0.39 is 17.9 Å². The molecular weight excluding hydrogens is 360 g/mol. The van der Waals surface area contributed by atoms with Crippen molar-refractivity contribution in [2.75, 3.05) is 39.5 Å². The molecule has 1 aliphatic carbocycles. The summed E-state index contributed by atoms with van der Waals surface area (Å²) in [5, 5.41) is 0. The standard InChI is InChI=1S/C21H24N2O5/c1-14-5-6-16(17(24)13-14)23-20(25)15-3-2-4-18(19(15)21(23)26)28-12-9-22-7-10-27-11-8-22/h2-4,16H,1,5-13H2. The highest BCUT2D eigenvalue weighted by molar-refractivity contribution is 6.24. The fourth-order valence-electron chi connectivity index (χ4n) is 4.01. The van der Waals surface area contributed by atoms with Crippen molar-refractivity contribution in [3.05, 3.63) is 41.5 Å². The van der Waals surface area contributed by atoms with Gasteiger partial charge in [0.15, 0.2) is 5.78 Å². The molecule has 2 aliphatic heterocycles. The van der Waals surface area contributed by atoms with Gasteiger partial charge in [-0.3, -0.25) is 24.2 Å². The van der Waals surface area contributed by atoms with Crippen LogP contribution in [0.3, 0.4) is 0 Å². The lowest BCUT2D eigenvalue weighted by molar-refractivity contribution is -0.123. The Morgan fingerprint density at radius 2 is 1.93 bits per heavy atom. The highest BCUT2D eigenvalue weighted by Gasteiger charge is 2.45. The Kier molecular flexibility index (Phi) is 5.28. The number of hydrogen-bond donors (Lipinski definition) is 0. The van der Waals surface area contributed by atoms with E-state index >= 15 is 0 Å². The van der Waals surface area contributed by atoms with Crippen molar-refractivity contribution in [3.8, 4) is 5.75 Å². The molecule has 148 valence electrons. The topological polar surface area (TPSA) is 76.2 Å². The molecule has 0 aromatic heterocycles. The van der Waals surface area contributed by atoms with Gasteiger partial charge >= 0.3 is 0 Å². The molecule has 1 saturated carbocycles. The normalized spacial score (nSPS) is 23.3. The van der Waals surface area contributed by atoms with Gasteiger partial charge in [0.05, 0.1) is 30.4 Å². The molecule has 0 radical (unpaired) electrons. The van der Waals surface area contributed by atoms with E-state index in [1.54, 1.807) is 18.2 Å². The number of ether oxygens (including phenoxy) is 2. The van der Waals surface area contributed by atoms with Crippen LogP contribution < -0.4 is 4.74 Å². The average molecular weight is 384 g/mol. The van der Waals surface area contributed by atoms with E-state index in [1.165, 1.54) is 0 Å². The third kappa shape index (κ3) is 3.47. The van der Waals surface area contributed by atoms with E-state index in [-0.39, 0.29) is 17.8 Å². The Morgan fingerprint density at radius 1 is 1.14 bits per heavy atom. The van der Waals surface area contributed by atoms with E-state index in [0.717, 1.165) is 30.1 Å². The molecule has 1 saturated heterocycles. The molecule has 1 aromatic carbocycles. The molecule has 1 unspecified atom stereocenters. The summed E-state index contributed by atoms with van der Waals surface area (Å²) in [6.45, 7) is 8.13. The highest BCUT2D eigenvalue weighted by Crippen LogP contribution is 2.35. The molecule has 28 heavy (non-hydrogen) atoms. The zero-order valence-corrected chi connectivity index (χ0v) is 15.8. The summed E-state index contributed by atoms with van der Waals surface area (Å²) in [4.78, 5) is 41.7. The molecule has 0 N–H and O–H groups in total. The summed E-state index contributed by atoms with van der Waals surface area (Å²) in [5.41, 5.74) is 1.43. The maximum Gasteiger partial charge on any atom is 0.266 e. The molecule has 1 atom stereocenters. The van der Waals surface area contributed by atoms with Crippen LogP contribution in [0.1, 0.15) is 40.0 Å². The Bertz CT molecular complexity index is 828. The number of hydrogen-bond acceptors (Lipinski definition) is 6. The van der Waals surface area contributed by atoms with E-state index in [4.69, 9.17) is 9.47 Å².